The van der Waals surface area contributed by atoms with Gasteiger partial charge in [-0.3, -0.25) is 0 Å². The number of aliphatic imine (C=N–C) groups is 1. The summed E-state index contributed by atoms with van der Waals surface area (Å²) in [5.41, 5.74) is 0.421. The number of benzene rings is 1. The standard InChI is InChI=1S/C15H25ClN4O2S.HI/c1-5-17-14(18-10-12-6-8-13(16)9-7-12)19-11-15(2,3)20-23(4,21)22;/h6-9,20H,5,10-11H2,1-4H3,(H2,17,18,19);1H. The lowest BCUT2D eigenvalue weighted by atomic mass is 10.1. The zero-order chi connectivity index (χ0) is 17.5. The average molecular weight is 489 g/mol. The van der Waals surface area contributed by atoms with Crippen LogP contribution in [0, 0.1) is 0 Å². The summed E-state index contributed by atoms with van der Waals surface area (Å²) >= 11 is 5.86. The van der Waals surface area contributed by atoms with Crippen LogP contribution < -0.4 is 15.4 Å². The van der Waals surface area contributed by atoms with E-state index in [0.717, 1.165) is 11.8 Å². The first-order chi connectivity index (χ1) is 10.6. The van der Waals surface area contributed by atoms with Gasteiger partial charge in [-0.1, -0.05) is 23.7 Å². The van der Waals surface area contributed by atoms with Crippen LogP contribution in [0.15, 0.2) is 29.3 Å². The van der Waals surface area contributed by atoms with Gasteiger partial charge in [0.2, 0.25) is 10.0 Å². The summed E-state index contributed by atoms with van der Waals surface area (Å²) in [7, 11) is -3.26. The first kappa shape index (κ1) is 23.4. The maximum atomic E-state index is 11.4. The molecule has 6 nitrogen and oxygen atoms in total. The molecule has 1 rings (SSSR count). The van der Waals surface area contributed by atoms with E-state index in [-0.39, 0.29) is 24.0 Å². The molecular formula is C15H26ClIN4O2S. The molecule has 24 heavy (non-hydrogen) atoms. The molecule has 0 unspecified atom stereocenters. The molecule has 0 spiro atoms. The fraction of sp³-hybridized carbons (Fsp3) is 0.533. The number of nitrogens with one attached hydrogen (secondary N) is 3. The zero-order valence-electron chi connectivity index (χ0n) is 14.4. The largest absolute Gasteiger partial charge is 0.357 e. The van der Waals surface area contributed by atoms with Crippen LogP contribution >= 0.6 is 35.6 Å². The summed E-state index contributed by atoms with van der Waals surface area (Å²) in [6.07, 6.45) is 1.15. The molecule has 0 aromatic heterocycles. The highest BCUT2D eigenvalue weighted by Gasteiger charge is 2.22. The summed E-state index contributed by atoms with van der Waals surface area (Å²) in [5.74, 6) is 0.630. The predicted octanol–water partition coefficient (Wildman–Crippen LogP) is 2.34. The lowest BCUT2D eigenvalue weighted by molar-refractivity contribution is 0.446. The van der Waals surface area contributed by atoms with E-state index in [1.54, 1.807) is 0 Å². The van der Waals surface area contributed by atoms with Gasteiger partial charge in [0.05, 0.1) is 12.8 Å². The average Bonchev–Trinajstić information content (AvgIpc) is 2.41. The lowest BCUT2D eigenvalue weighted by Crippen LogP contribution is -2.53. The molecule has 0 heterocycles. The number of halogens is 2. The molecule has 138 valence electrons. The van der Waals surface area contributed by atoms with E-state index in [9.17, 15) is 8.42 Å². The lowest BCUT2D eigenvalue weighted by Gasteiger charge is -2.26. The fourth-order valence-corrected chi connectivity index (χ4v) is 3.15. The minimum atomic E-state index is -3.26. The van der Waals surface area contributed by atoms with E-state index >= 15 is 0 Å². The second-order valence-electron chi connectivity index (χ2n) is 5.93. The van der Waals surface area contributed by atoms with Gasteiger partial charge in [0, 0.05) is 23.7 Å². The van der Waals surface area contributed by atoms with Crippen molar-refractivity contribution in [3.05, 3.63) is 34.9 Å². The van der Waals surface area contributed by atoms with Crippen LogP contribution in [0.1, 0.15) is 26.3 Å². The van der Waals surface area contributed by atoms with E-state index in [2.05, 4.69) is 20.3 Å². The fourth-order valence-electron chi connectivity index (χ4n) is 1.94. The Balaban J connectivity index is 0.00000529. The van der Waals surface area contributed by atoms with Crippen LogP contribution in [0.5, 0.6) is 0 Å². The minimum absolute atomic E-state index is 0. The van der Waals surface area contributed by atoms with Gasteiger partial charge in [-0.15, -0.1) is 24.0 Å². The van der Waals surface area contributed by atoms with Crippen molar-refractivity contribution in [3.63, 3.8) is 0 Å². The first-order valence-electron chi connectivity index (χ1n) is 7.37. The Labute approximate surface area is 166 Å². The molecule has 0 aliphatic heterocycles. The van der Waals surface area contributed by atoms with Crippen molar-refractivity contribution >= 4 is 51.6 Å². The summed E-state index contributed by atoms with van der Waals surface area (Å²) in [5, 5.41) is 6.98. The van der Waals surface area contributed by atoms with Crippen molar-refractivity contribution in [1.29, 1.82) is 0 Å². The van der Waals surface area contributed by atoms with Crippen molar-refractivity contribution < 1.29 is 8.42 Å². The number of hydrogen-bond donors (Lipinski definition) is 3. The number of guanidine groups is 1. The monoisotopic (exact) mass is 488 g/mol. The first-order valence-corrected chi connectivity index (χ1v) is 9.64. The molecule has 0 aliphatic carbocycles. The Morgan fingerprint density at radius 3 is 2.29 bits per heavy atom. The van der Waals surface area contributed by atoms with Crippen LogP contribution in [0.3, 0.4) is 0 Å². The maximum Gasteiger partial charge on any atom is 0.209 e. The van der Waals surface area contributed by atoms with Crippen molar-refractivity contribution in [2.75, 3.05) is 19.3 Å². The normalized spacial score (nSPS) is 12.5. The highest BCUT2D eigenvalue weighted by atomic mass is 127. The molecule has 1 aromatic carbocycles. The Morgan fingerprint density at radius 1 is 1.21 bits per heavy atom. The number of nitrogens with zero attached hydrogens (tertiary/aromatic N) is 1. The third kappa shape index (κ3) is 10.3. The van der Waals surface area contributed by atoms with Crippen molar-refractivity contribution in [2.45, 2.75) is 32.9 Å². The van der Waals surface area contributed by atoms with Crippen LogP contribution in [-0.2, 0) is 16.6 Å². The van der Waals surface area contributed by atoms with Gasteiger partial charge in [0.25, 0.3) is 0 Å². The molecule has 0 bridgehead atoms. The minimum Gasteiger partial charge on any atom is -0.357 e. The molecule has 3 N–H and O–H groups in total. The molecule has 9 heteroatoms. The Bertz CT molecular complexity index is 633. The van der Waals surface area contributed by atoms with Gasteiger partial charge in [-0.05, 0) is 38.5 Å². The van der Waals surface area contributed by atoms with E-state index in [4.69, 9.17) is 11.6 Å². The van der Waals surface area contributed by atoms with Crippen molar-refractivity contribution in [1.82, 2.24) is 15.4 Å². The number of hydrogen-bond acceptors (Lipinski definition) is 3. The molecule has 0 radical (unpaired) electrons. The SMILES string of the molecule is CCNC(=NCc1ccc(Cl)cc1)NCC(C)(C)NS(C)(=O)=O.I. The van der Waals surface area contributed by atoms with Gasteiger partial charge in [-0.25, -0.2) is 18.1 Å². The number of rotatable bonds is 7. The summed E-state index contributed by atoms with van der Waals surface area (Å²) < 4.78 is 25.3. The molecule has 0 saturated carbocycles. The van der Waals surface area contributed by atoms with Crippen LogP contribution in [0.25, 0.3) is 0 Å². The predicted molar refractivity (Wildman–Crippen MR) is 112 cm³/mol. The molecule has 0 atom stereocenters. The van der Waals surface area contributed by atoms with Gasteiger partial charge >= 0.3 is 0 Å². The highest BCUT2D eigenvalue weighted by Crippen LogP contribution is 2.10. The smallest absolute Gasteiger partial charge is 0.209 e. The third-order valence-electron chi connectivity index (χ3n) is 2.84. The highest BCUT2D eigenvalue weighted by molar-refractivity contribution is 14.0. The molecule has 1 aromatic rings. The summed E-state index contributed by atoms with van der Waals surface area (Å²) in [6.45, 7) is 7.22. The second kappa shape index (κ2) is 10.4. The van der Waals surface area contributed by atoms with Gasteiger partial charge in [-0.2, -0.15) is 0 Å². The second-order valence-corrected chi connectivity index (χ2v) is 8.12. The third-order valence-corrected chi connectivity index (χ3v) is 4.01. The zero-order valence-corrected chi connectivity index (χ0v) is 18.3. The van der Waals surface area contributed by atoms with Crippen molar-refractivity contribution in [3.8, 4) is 0 Å². The molecule has 0 fully saturated rings. The van der Waals surface area contributed by atoms with Crippen molar-refractivity contribution in [2.24, 2.45) is 4.99 Å². The maximum absolute atomic E-state index is 11.4. The molecule has 0 amide bonds. The quantitative estimate of drug-likeness (QED) is 0.313. The Hall–Kier alpha value is -0.580. The van der Waals surface area contributed by atoms with Crippen LogP contribution in [0.2, 0.25) is 5.02 Å². The van der Waals surface area contributed by atoms with Crippen LogP contribution in [0.4, 0.5) is 0 Å². The molecular weight excluding hydrogens is 463 g/mol. The van der Waals surface area contributed by atoms with Crippen LogP contribution in [-0.4, -0.2) is 39.3 Å². The number of sulfonamides is 1. The van der Waals surface area contributed by atoms with Gasteiger partial charge in [0.1, 0.15) is 0 Å². The summed E-state index contributed by atoms with van der Waals surface area (Å²) in [6, 6.07) is 7.49. The van der Waals surface area contributed by atoms with Gasteiger partial charge in [0.15, 0.2) is 5.96 Å². The van der Waals surface area contributed by atoms with E-state index in [0.29, 0.717) is 30.6 Å². The molecule has 0 aliphatic rings. The Morgan fingerprint density at radius 2 is 1.79 bits per heavy atom. The van der Waals surface area contributed by atoms with E-state index < -0.39 is 15.6 Å². The molecule has 0 saturated heterocycles. The summed E-state index contributed by atoms with van der Waals surface area (Å²) in [4.78, 5) is 4.49. The van der Waals surface area contributed by atoms with Gasteiger partial charge < -0.3 is 10.6 Å². The Kier molecular flexibility index (Phi) is 10.2. The topological polar surface area (TPSA) is 82.6 Å². The van der Waals surface area contributed by atoms with E-state index in [1.807, 2.05) is 45.0 Å². The van der Waals surface area contributed by atoms with E-state index in [1.165, 1.54) is 0 Å².